The molecule has 0 bridgehead atoms. The number of rotatable bonds is 4. The van der Waals surface area contributed by atoms with E-state index < -0.39 is 10.8 Å². The average Bonchev–Trinajstić information content (AvgIpc) is 2.90. The normalized spacial score (nSPS) is 11.2. The zero-order valence-corrected chi connectivity index (χ0v) is 11.5. The molecule has 2 rings (SSSR count). The first kappa shape index (κ1) is 14.4. The van der Waals surface area contributed by atoms with Crippen LogP contribution >= 0.6 is 0 Å². The van der Waals surface area contributed by atoms with Crippen molar-refractivity contribution in [2.75, 3.05) is 0 Å². The Kier molecular flexibility index (Phi) is 4.13. The maximum atomic E-state index is 11.9. The standard InChI is InChI=1S/C14H13N3O4/c1-9(11-4-3-5-12(8-11)17(19)20)15-16-14(18)13-6-7-21-10(13)2/h3-8H,1-2H3,(H,16,18)/b15-9-. The van der Waals surface area contributed by atoms with Crippen molar-refractivity contribution in [1.29, 1.82) is 0 Å². The predicted molar refractivity (Wildman–Crippen MR) is 76.2 cm³/mol. The van der Waals surface area contributed by atoms with Crippen molar-refractivity contribution < 1.29 is 14.1 Å². The summed E-state index contributed by atoms with van der Waals surface area (Å²) in [6.07, 6.45) is 1.42. The molecule has 21 heavy (non-hydrogen) atoms. The summed E-state index contributed by atoms with van der Waals surface area (Å²) in [5, 5.41) is 14.7. The molecule has 0 radical (unpaired) electrons. The number of nitro groups is 1. The Bertz CT molecular complexity index is 719. The molecule has 1 aromatic carbocycles. The summed E-state index contributed by atoms with van der Waals surface area (Å²) in [6, 6.07) is 7.58. The van der Waals surface area contributed by atoms with E-state index in [-0.39, 0.29) is 5.69 Å². The van der Waals surface area contributed by atoms with E-state index in [4.69, 9.17) is 4.42 Å². The van der Waals surface area contributed by atoms with Crippen LogP contribution in [0.3, 0.4) is 0 Å². The number of benzene rings is 1. The zero-order valence-electron chi connectivity index (χ0n) is 11.5. The van der Waals surface area contributed by atoms with Crippen molar-refractivity contribution in [1.82, 2.24) is 5.43 Å². The summed E-state index contributed by atoms with van der Waals surface area (Å²) < 4.78 is 5.03. The summed E-state index contributed by atoms with van der Waals surface area (Å²) in [5.74, 6) is 0.0988. The van der Waals surface area contributed by atoms with Gasteiger partial charge in [0.1, 0.15) is 5.76 Å². The van der Waals surface area contributed by atoms with Crippen LogP contribution in [-0.2, 0) is 0 Å². The quantitative estimate of drug-likeness (QED) is 0.531. The molecule has 0 saturated carbocycles. The fourth-order valence-electron chi connectivity index (χ4n) is 1.72. The minimum absolute atomic E-state index is 0.0287. The van der Waals surface area contributed by atoms with Crippen LogP contribution in [0.15, 0.2) is 46.1 Å². The predicted octanol–water partition coefficient (Wildman–Crippen LogP) is 2.65. The number of nitro benzene ring substituents is 1. The largest absolute Gasteiger partial charge is 0.469 e. The van der Waals surface area contributed by atoms with E-state index in [2.05, 4.69) is 10.5 Å². The van der Waals surface area contributed by atoms with Crippen LogP contribution in [0.5, 0.6) is 0 Å². The Balaban J connectivity index is 2.14. The minimum Gasteiger partial charge on any atom is -0.469 e. The van der Waals surface area contributed by atoms with Gasteiger partial charge in [0, 0.05) is 17.7 Å². The van der Waals surface area contributed by atoms with E-state index in [1.807, 2.05) is 0 Å². The Labute approximate surface area is 120 Å². The van der Waals surface area contributed by atoms with Crippen molar-refractivity contribution in [3.63, 3.8) is 0 Å². The summed E-state index contributed by atoms with van der Waals surface area (Å²) in [4.78, 5) is 22.1. The van der Waals surface area contributed by atoms with Gasteiger partial charge in [0.2, 0.25) is 0 Å². The lowest BCUT2D eigenvalue weighted by Gasteiger charge is -2.02. The number of furan rings is 1. The Hall–Kier alpha value is -2.96. The van der Waals surface area contributed by atoms with Crippen molar-refractivity contribution >= 4 is 17.3 Å². The lowest BCUT2D eigenvalue weighted by molar-refractivity contribution is -0.384. The van der Waals surface area contributed by atoms with Crippen molar-refractivity contribution in [3.05, 3.63) is 63.6 Å². The van der Waals surface area contributed by atoms with Crippen molar-refractivity contribution in [3.8, 4) is 0 Å². The highest BCUT2D eigenvalue weighted by molar-refractivity contribution is 6.01. The molecule has 0 saturated heterocycles. The molecular weight excluding hydrogens is 274 g/mol. The average molecular weight is 287 g/mol. The van der Waals surface area contributed by atoms with Crippen LogP contribution in [0.25, 0.3) is 0 Å². The van der Waals surface area contributed by atoms with Gasteiger partial charge in [-0.1, -0.05) is 12.1 Å². The van der Waals surface area contributed by atoms with Gasteiger partial charge in [-0.05, 0) is 19.9 Å². The summed E-state index contributed by atoms with van der Waals surface area (Å²) in [6.45, 7) is 3.33. The van der Waals surface area contributed by atoms with Gasteiger partial charge in [-0.2, -0.15) is 5.10 Å². The first-order chi connectivity index (χ1) is 9.99. The molecule has 108 valence electrons. The summed E-state index contributed by atoms with van der Waals surface area (Å²) in [5.41, 5.74) is 3.79. The molecular formula is C14H13N3O4. The molecule has 0 aliphatic rings. The molecule has 2 aromatic rings. The number of nitrogens with zero attached hydrogens (tertiary/aromatic N) is 2. The van der Waals surface area contributed by atoms with E-state index in [1.54, 1.807) is 32.0 Å². The number of non-ortho nitro benzene ring substituents is 1. The smallest absolute Gasteiger partial charge is 0.274 e. The number of hydrogen-bond donors (Lipinski definition) is 1. The summed E-state index contributed by atoms with van der Waals surface area (Å²) >= 11 is 0. The number of carbonyl (C=O) groups excluding carboxylic acids is 1. The third-order valence-corrected chi connectivity index (χ3v) is 2.90. The second-order valence-corrected chi connectivity index (χ2v) is 4.34. The van der Waals surface area contributed by atoms with E-state index >= 15 is 0 Å². The molecule has 0 fully saturated rings. The van der Waals surface area contributed by atoms with Crippen molar-refractivity contribution in [2.45, 2.75) is 13.8 Å². The van der Waals surface area contributed by atoms with E-state index in [9.17, 15) is 14.9 Å². The molecule has 1 amide bonds. The van der Waals surface area contributed by atoms with Crippen LogP contribution < -0.4 is 5.43 Å². The molecule has 0 aliphatic carbocycles. The second kappa shape index (κ2) is 6.00. The van der Waals surface area contributed by atoms with Crippen LogP contribution in [-0.4, -0.2) is 16.5 Å². The van der Waals surface area contributed by atoms with E-state index in [1.165, 1.54) is 18.4 Å². The lowest BCUT2D eigenvalue weighted by Crippen LogP contribution is -2.19. The topological polar surface area (TPSA) is 97.7 Å². The SMILES string of the molecule is C/C(=N/NC(=O)c1ccoc1C)c1cccc([N+](=O)[O-])c1. The number of hydrazone groups is 1. The molecule has 0 aliphatic heterocycles. The molecule has 7 nitrogen and oxygen atoms in total. The van der Waals surface area contributed by atoms with Gasteiger partial charge in [-0.3, -0.25) is 14.9 Å². The molecule has 0 unspecified atom stereocenters. The van der Waals surface area contributed by atoms with Crippen LogP contribution in [0, 0.1) is 17.0 Å². The van der Waals surface area contributed by atoms with Crippen molar-refractivity contribution in [2.24, 2.45) is 5.10 Å². The molecule has 1 aromatic heterocycles. The van der Waals surface area contributed by atoms with Gasteiger partial charge >= 0.3 is 0 Å². The third kappa shape index (κ3) is 3.33. The number of aryl methyl sites for hydroxylation is 1. The Morgan fingerprint density at radius 2 is 2.14 bits per heavy atom. The summed E-state index contributed by atoms with van der Waals surface area (Å²) in [7, 11) is 0. The monoisotopic (exact) mass is 287 g/mol. The number of hydrogen-bond acceptors (Lipinski definition) is 5. The third-order valence-electron chi connectivity index (χ3n) is 2.90. The number of amides is 1. The highest BCUT2D eigenvalue weighted by Crippen LogP contribution is 2.14. The fraction of sp³-hybridized carbons (Fsp3) is 0.143. The first-order valence-corrected chi connectivity index (χ1v) is 6.12. The molecule has 7 heteroatoms. The Morgan fingerprint density at radius 3 is 2.76 bits per heavy atom. The molecule has 1 N–H and O–H groups in total. The van der Waals surface area contributed by atoms with E-state index in [0.717, 1.165) is 0 Å². The van der Waals surface area contributed by atoms with Crippen LogP contribution in [0.2, 0.25) is 0 Å². The van der Waals surface area contributed by atoms with Gasteiger partial charge in [-0.15, -0.1) is 0 Å². The zero-order chi connectivity index (χ0) is 15.4. The van der Waals surface area contributed by atoms with Crippen LogP contribution in [0.4, 0.5) is 5.69 Å². The van der Waals surface area contributed by atoms with Gasteiger partial charge in [0.15, 0.2) is 0 Å². The maximum Gasteiger partial charge on any atom is 0.274 e. The van der Waals surface area contributed by atoms with Gasteiger partial charge in [0.05, 0.1) is 22.5 Å². The molecule has 1 heterocycles. The number of nitrogens with one attached hydrogen (secondary N) is 1. The van der Waals surface area contributed by atoms with E-state index in [0.29, 0.717) is 22.6 Å². The number of carbonyl (C=O) groups is 1. The maximum absolute atomic E-state index is 11.9. The molecule has 0 atom stereocenters. The molecule has 0 spiro atoms. The minimum atomic E-state index is -0.482. The highest BCUT2D eigenvalue weighted by atomic mass is 16.6. The first-order valence-electron chi connectivity index (χ1n) is 6.12. The highest BCUT2D eigenvalue weighted by Gasteiger charge is 2.11. The lowest BCUT2D eigenvalue weighted by atomic mass is 10.1. The van der Waals surface area contributed by atoms with Crippen LogP contribution in [0.1, 0.15) is 28.6 Å². The van der Waals surface area contributed by atoms with Gasteiger partial charge in [0.25, 0.3) is 11.6 Å². The fourth-order valence-corrected chi connectivity index (χ4v) is 1.72. The van der Waals surface area contributed by atoms with Gasteiger partial charge < -0.3 is 4.42 Å². The second-order valence-electron chi connectivity index (χ2n) is 4.34. The van der Waals surface area contributed by atoms with Gasteiger partial charge in [-0.25, -0.2) is 5.43 Å². The Morgan fingerprint density at radius 1 is 1.38 bits per heavy atom.